The van der Waals surface area contributed by atoms with Gasteiger partial charge in [-0.25, -0.2) is 37.1 Å². The molecule has 0 aromatic carbocycles. The third kappa shape index (κ3) is 8.48. The third-order valence-corrected chi connectivity index (χ3v) is 8.27. The Balaban J connectivity index is 3.09. The molecule has 44 heavy (non-hydrogen) atoms. The monoisotopic (exact) mass is 684 g/mol. The first-order valence-corrected chi connectivity index (χ1v) is 14.7. The summed E-state index contributed by atoms with van der Waals surface area (Å²) in [6, 6.07) is 0. The maximum atomic E-state index is 14.2. The van der Waals surface area contributed by atoms with Crippen LogP contribution in [-0.4, -0.2) is 36.1 Å². The van der Waals surface area contributed by atoms with E-state index in [4.69, 9.17) is 0 Å². The molecule has 0 atom stereocenters. The highest BCUT2D eigenvalue weighted by molar-refractivity contribution is 8.76. The number of halogens is 10. The number of carbonyl (C=O) groups is 2. The molecule has 0 saturated carbocycles. The van der Waals surface area contributed by atoms with Crippen molar-refractivity contribution in [2.45, 2.75) is 75.5 Å². The summed E-state index contributed by atoms with van der Waals surface area (Å²) in [5.41, 5.74) is -10.1. The van der Waals surface area contributed by atoms with E-state index in [1.165, 1.54) is 27.7 Å². The first-order valence-electron chi connectivity index (χ1n) is 12.5. The molecule has 2 rings (SSSR count). The Hall–Kier alpha value is -2.76. The lowest BCUT2D eigenvalue weighted by Crippen LogP contribution is -2.21. The average Bonchev–Trinajstić information content (AvgIpc) is 2.88. The molecule has 246 valence electrons. The zero-order valence-electron chi connectivity index (χ0n) is 23.8. The zero-order valence-corrected chi connectivity index (χ0v) is 25.5. The van der Waals surface area contributed by atoms with Crippen LogP contribution in [0.5, 0.6) is 0 Å². The highest BCUT2D eigenvalue weighted by atomic mass is 33.1. The molecule has 0 aliphatic carbocycles. The Kier molecular flexibility index (Phi) is 12.4. The molecule has 0 spiro atoms. The highest BCUT2D eigenvalue weighted by Gasteiger charge is 2.44. The second-order valence-electron chi connectivity index (χ2n) is 10.00. The number of esters is 2. The molecular formula is C26H26F10N2O4S2. The number of hydrogen-bond acceptors (Lipinski definition) is 8. The maximum absolute atomic E-state index is 14.2. The van der Waals surface area contributed by atoms with Crippen LogP contribution in [0.3, 0.4) is 0 Å². The summed E-state index contributed by atoms with van der Waals surface area (Å²) in [5, 5.41) is 0. The predicted octanol–water partition coefficient (Wildman–Crippen LogP) is 9.16. The van der Waals surface area contributed by atoms with Crippen LogP contribution in [0.2, 0.25) is 0 Å². The molecule has 0 amide bonds. The summed E-state index contributed by atoms with van der Waals surface area (Å²) < 4.78 is 150. The Labute approximate surface area is 253 Å². The topological polar surface area (TPSA) is 78.4 Å². The lowest BCUT2D eigenvalue weighted by molar-refractivity contribution is -0.144. The summed E-state index contributed by atoms with van der Waals surface area (Å²) in [7, 11) is 1.52. The van der Waals surface area contributed by atoms with E-state index in [2.05, 4.69) is 19.4 Å². The molecule has 18 heteroatoms. The largest absolute Gasteiger partial charge is 0.465 e. The van der Waals surface area contributed by atoms with Gasteiger partial charge in [-0.2, -0.15) is 26.3 Å². The molecule has 2 aromatic rings. The average molecular weight is 685 g/mol. The molecule has 0 bridgehead atoms. The summed E-state index contributed by atoms with van der Waals surface area (Å²) >= 11 is 0. The van der Waals surface area contributed by atoms with Gasteiger partial charge in [-0.15, -0.1) is 0 Å². The van der Waals surface area contributed by atoms with E-state index in [1.54, 1.807) is 0 Å². The van der Waals surface area contributed by atoms with Crippen LogP contribution in [0.15, 0.2) is 9.79 Å². The molecule has 0 aliphatic heterocycles. The summed E-state index contributed by atoms with van der Waals surface area (Å²) in [4.78, 5) is 29.2. The van der Waals surface area contributed by atoms with Crippen LogP contribution in [0.25, 0.3) is 0 Å². The minimum absolute atomic E-state index is 0.0262. The van der Waals surface area contributed by atoms with Crippen molar-refractivity contribution in [2.75, 3.05) is 14.2 Å². The van der Waals surface area contributed by atoms with Crippen molar-refractivity contribution < 1.29 is 63.0 Å². The number of nitrogens with zero attached hydrogens (tertiary/aromatic N) is 2. The number of rotatable bonds is 11. The van der Waals surface area contributed by atoms with Gasteiger partial charge >= 0.3 is 24.3 Å². The van der Waals surface area contributed by atoms with Gasteiger partial charge in [-0.3, -0.25) is 0 Å². The molecule has 0 aliphatic rings. The van der Waals surface area contributed by atoms with E-state index >= 15 is 0 Å². The van der Waals surface area contributed by atoms with E-state index in [1.807, 2.05) is 0 Å². The molecule has 0 N–H and O–H groups in total. The van der Waals surface area contributed by atoms with Gasteiger partial charge in [0.25, 0.3) is 12.9 Å². The Morgan fingerprint density at radius 2 is 0.955 bits per heavy atom. The second-order valence-corrected chi connectivity index (χ2v) is 12.1. The SMILES string of the molecule is COC(=O)c1c(C(F)F)nc(C(F)(F)F)c(SSc2c(C(F)(F)F)nc(C(F)F)c(C(=O)OC)c2CC(C)C)c1CC(C)C. The van der Waals surface area contributed by atoms with E-state index in [0.29, 0.717) is 0 Å². The summed E-state index contributed by atoms with van der Waals surface area (Å²) in [6.45, 7) is 5.93. The van der Waals surface area contributed by atoms with Crippen molar-refractivity contribution in [3.63, 3.8) is 0 Å². The van der Waals surface area contributed by atoms with Gasteiger partial charge in [0.2, 0.25) is 0 Å². The fourth-order valence-corrected chi connectivity index (χ4v) is 6.90. The van der Waals surface area contributed by atoms with E-state index in [0.717, 1.165) is 14.2 Å². The van der Waals surface area contributed by atoms with Gasteiger partial charge in [0.15, 0.2) is 11.4 Å². The molecular weight excluding hydrogens is 658 g/mol. The predicted molar refractivity (Wildman–Crippen MR) is 140 cm³/mol. The lowest BCUT2D eigenvalue weighted by Gasteiger charge is -2.24. The van der Waals surface area contributed by atoms with Crippen molar-refractivity contribution in [1.82, 2.24) is 9.97 Å². The summed E-state index contributed by atoms with van der Waals surface area (Å²) in [5.74, 6) is -4.07. The molecule has 0 unspecified atom stereocenters. The fourth-order valence-electron chi connectivity index (χ4n) is 4.10. The number of hydrogen-bond donors (Lipinski definition) is 0. The molecule has 0 saturated heterocycles. The molecule has 2 heterocycles. The maximum Gasteiger partial charge on any atom is 0.434 e. The molecule has 2 aromatic heterocycles. The van der Waals surface area contributed by atoms with Crippen LogP contribution in [-0.2, 0) is 34.7 Å². The van der Waals surface area contributed by atoms with Crippen LogP contribution in [0.4, 0.5) is 43.9 Å². The van der Waals surface area contributed by atoms with Gasteiger partial charge in [-0.05, 0) is 57.4 Å². The van der Waals surface area contributed by atoms with Crippen LogP contribution < -0.4 is 0 Å². The lowest BCUT2D eigenvalue weighted by atomic mass is 9.96. The molecule has 0 fully saturated rings. The number of alkyl halides is 10. The van der Waals surface area contributed by atoms with Crippen LogP contribution >= 0.6 is 21.6 Å². The standard InChI is InChI=1S/C26H26F10N2O4S2/c1-9(2)7-11-13(23(39)41-5)15(21(27)28)37-19(25(31,32)33)17(11)43-44-18-12(8-10(3)4)14(24(40)42-6)16(22(29)30)38-20(18)26(34,35)36/h9-10,21-22H,7-8H2,1-6H3. The van der Waals surface area contributed by atoms with Gasteiger partial charge in [0, 0.05) is 0 Å². The Bertz CT molecular complexity index is 1280. The highest BCUT2D eigenvalue weighted by Crippen LogP contribution is 2.52. The van der Waals surface area contributed by atoms with E-state index in [9.17, 15) is 53.5 Å². The van der Waals surface area contributed by atoms with Crippen molar-refractivity contribution in [3.05, 3.63) is 45.0 Å². The van der Waals surface area contributed by atoms with Gasteiger partial charge in [-0.1, -0.05) is 27.7 Å². The van der Waals surface area contributed by atoms with E-state index in [-0.39, 0.29) is 21.6 Å². The Morgan fingerprint density at radius 1 is 0.659 bits per heavy atom. The first kappa shape index (κ1) is 37.4. The molecule has 0 radical (unpaired) electrons. The third-order valence-electron chi connectivity index (χ3n) is 5.72. The number of ether oxygens (including phenoxy) is 2. The van der Waals surface area contributed by atoms with Crippen molar-refractivity contribution in [3.8, 4) is 0 Å². The number of aromatic nitrogens is 2. The zero-order chi connectivity index (χ0) is 33.9. The number of pyridine rings is 2. The van der Waals surface area contributed by atoms with Crippen LogP contribution in [0.1, 0.15) is 95.2 Å². The second kappa shape index (κ2) is 14.6. The normalized spacial score (nSPS) is 12.5. The van der Waals surface area contributed by atoms with Gasteiger partial charge in [0.1, 0.15) is 11.4 Å². The number of methoxy groups -OCH3 is 2. The minimum atomic E-state index is -5.44. The van der Waals surface area contributed by atoms with E-state index < -0.39 is 117 Å². The smallest absolute Gasteiger partial charge is 0.434 e. The number of carbonyl (C=O) groups excluding carboxylic acids is 2. The van der Waals surface area contributed by atoms with Crippen molar-refractivity contribution in [1.29, 1.82) is 0 Å². The van der Waals surface area contributed by atoms with Crippen molar-refractivity contribution in [2.24, 2.45) is 11.8 Å². The molecule has 6 nitrogen and oxygen atoms in total. The van der Waals surface area contributed by atoms with Crippen molar-refractivity contribution >= 4 is 33.5 Å². The Morgan fingerprint density at radius 3 is 1.16 bits per heavy atom. The quantitative estimate of drug-likeness (QED) is 0.132. The summed E-state index contributed by atoms with van der Waals surface area (Å²) in [6.07, 6.45) is -19.1. The fraction of sp³-hybridized carbons (Fsp3) is 0.538. The van der Waals surface area contributed by atoms with Crippen LogP contribution in [0, 0.1) is 11.8 Å². The van der Waals surface area contributed by atoms with Gasteiger partial charge in [0.05, 0.1) is 35.1 Å². The van der Waals surface area contributed by atoms with Gasteiger partial charge < -0.3 is 9.47 Å². The minimum Gasteiger partial charge on any atom is -0.465 e. The first-order chi connectivity index (χ1) is 20.2.